The third kappa shape index (κ3) is 5.71. The summed E-state index contributed by atoms with van der Waals surface area (Å²) in [5, 5.41) is 19.3. The summed E-state index contributed by atoms with van der Waals surface area (Å²) in [6, 6.07) is 31.9. The molecule has 3 aliphatic rings. The predicted octanol–water partition coefficient (Wildman–Crippen LogP) is 6.83. The Labute approximate surface area is 302 Å². The summed E-state index contributed by atoms with van der Waals surface area (Å²) in [7, 11) is -3.36. The van der Waals surface area contributed by atoms with Gasteiger partial charge in [-0.1, -0.05) is 84.9 Å². The van der Waals surface area contributed by atoms with Crippen molar-refractivity contribution < 1.29 is 28.3 Å². The normalized spacial score (nSPS) is 23.1. The number of fused-ring (bicyclic) bond motifs is 3. The second kappa shape index (κ2) is 13.1. The van der Waals surface area contributed by atoms with Crippen molar-refractivity contribution in [2.75, 3.05) is 16.4 Å². The summed E-state index contributed by atoms with van der Waals surface area (Å²) < 4.78 is 30.5. The number of rotatable bonds is 9. The Balaban J connectivity index is 1.04. The van der Waals surface area contributed by atoms with Gasteiger partial charge in [0.05, 0.1) is 30.2 Å². The average Bonchev–Trinajstić information content (AvgIpc) is 3.81. The highest BCUT2D eigenvalue weighted by atomic mass is 28.4. The second-order valence-electron chi connectivity index (χ2n) is 14.3. The highest BCUT2D eigenvalue weighted by Gasteiger charge is 2.66. The van der Waals surface area contributed by atoms with Crippen molar-refractivity contribution >= 4 is 37.3 Å². The van der Waals surface area contributed by atoms with E-state index < -0.39 is 37.7 Å². The van der Waals surface area contributed by atoms with Crippen molar-refractivity contribution in [2.24, 2.45) is 5.92 Å². The summed E-state index contributed by atoms with van der Waals surface area (Å²) in [5.74, 6) is -0.154. The molecule has 0 unspecified atom stereocenters. The van der Waals surface area contributed by atoms with Gasteiger partial charge in [-0.05, 0) is 61.0 Å². The number of nitrogens with zero attached hydrogens (tertiary/aromatic N) is 5. The van der Waals surface area contributed by atoms with Crippen molar-refractivity contribution in [1.82, 2.24) is 15.0 Å². The topological polar surface area (TPSA) is 110 Å². The van der Waals surface area contributed by atoms with Gasteiger partial charge in [-0.15, -0.1) is 5.10 Å². The van der Waals surface area contributed by atoms with Crippen LogP contribution in [-0.2, 0) is 33.0 Å². The zero-order chi connectivity index (χ0) is 36.2. The van der Waals surface area contributed by atoms with Gasteiger partial charge in [0.15, 0.2) is 12.2 Å². The number of hydrogen-bond donors (Lipinski definition) is 1. The molecule has 1 saturated heterocycles. The van der Waals surface area contributed by atoms with E-state index in [0.29, 0.717) is 41.3 Å². The fraction of sp³-hybridized carbons (Fsp3) is 0.300. The molecule has 0 radical (unpaired) electrons. The summed E-state index contributed by atoms with van der Waals surface area (Å²) in [6.07, 6.45) is 0.662. The van der Waals surface area contributed by atoms with Crippen molar-refractivity contribution in [1.29, 1.82) is 0 Å². The van der Waals surface area contributed by atoms with Crippen LogP contribution in [0.3, 0.4) is 0 Å². The first-order chi connectivity index (χ1) is 25.1. The molecular formula is C40H40FN5O5Si. The summed E-state index contributed by atoms with van der Waals surface area (Å²) in [6.45, 7) is 5.94. The minimum Gasteiger partial charge on any atom is -0.482 e. The van der Waals surface area contributed by atoms with Gasteiger partial charge < -0.3 is 23.6 Å². The van der Waals surface area contributed by atoms with E-state index in [2.05, 4.69) is 10.3 Å². The zero-order valence-electron chi connectivity index (χ0n) is 29.2. The largest absolute Gasteiger partial charge is 0.482 e. The van der Waals surface area contributed by atoms with Crippen LogP contribution in [-0.4, -0.2) is 53.0 Å². The third-order valence-electron chi connectivity index (χ3n) is 10.7. The standard InChI is InChI=1S/C40H40FN5O5Si/c1-26-38(52(2,3)41)35(21-22-44-24-31(42-43-44)37(48)28-11-5-4-6-12-28)51-40(26)30-13-7-8-14-32(30)45(39(40)49)23-27-17-19-29(20-18-27)46-33-15-9-10-16-34(33)50-25-36(46)47/h4-20,24,26,35,37-38,48H,21-23,25H2,1-3H3/t26-,35+,37-,38-,40+/m1/s1. The number of ether oxygens (including phenoxy) is 2. The van der Waals surface area contributed by atoms with Gasteiger partial charge in [0, 0.05) is 29.3 Å². The van der Waals surface area contributed by atoms with Gasteiger partial charge in [0.2, 0.25) is 8.41 Å². The first-order valence-electron chi connectivity index (χ1n) is 17.6. The highest BCUT2D eigenvalue weighted by molar-refractivity contribution is 6.72. The summed E-state index contributed by atoms with van der Waals surface area (Å²) in [5.41, 5.74) is 3.08. The van der Waals surface area contributed by atoms with E-state index in [-0.39, 0.29) is 25.0 Å². The van der Waals surface area contributed by atoms with E-state index in [4.69, 9.17) is 9.47 Å². The fourth-order valence-electron chi connectivity index (χ4n) is 8.36. The number of amides is 2. The number of hydrogen-bond acceptors (Lipinski definition) is 7. The first-order valence-corrected chi connectivity index (χ1v) is 20.6. The van der Waals surface area contributed by atoms with Crippen molar-refractivity contribution in [3.63, 3.8) is 0 Å². The van der Waals surface area contributed by atoms with E-state index in [1.54, 1.807) is 33.8 Å². The molecule has 4 aromatic carbocycles. The van der Waals surface area contributed by atoms with Crippen LogP contribution < -0.4 is 14.5 Å². The minimum absolute atomic E-state index is 0.0458. The molecule has 52 heavy (non-hydrogen) atoms. The number of carbonyl (C=O) groups excluding carboxylic acids is 2. The number of aryl methyl sites for hydroxylation is 1. The number of halogens is 1. The molecule has 12 heteroatoms. The molecule has 0 saturated carbocycles. The molecular weight excluding hydrogens is 678 g/mol. The molecule has 1 spiro atoms. The molecule has 1 N–H and O–H groups in total. The van der Waals surface area contributed by atoms with Gasteiger partial charge in [-0.25, -0.2) is 0 Å². The van der Waals surface area contributed by atoms with Gasteiger partial charge in [0.1, 0.15) is 17.5 Å². The Kier molecular flexibility index (Phi) is 8.55. The van der Waals surface area contributed by atoms with Crippen LogP contribution >= 0.6 is 0 Å². The molecule has 5 aromatic rings. The van der Waals surface area contributed by atoms with Crippen LogP contribution in [0.5, 0.6) is 5.75 Å². The Morgan fingerprint density at radius 3 is 2.38 bits per heavy atom. The number of anilines is 3. The minimum atomic E-state index is -3.36. The van der Waals surface area contributed by atoms with E-state index in [1.807, 2.05) is 110 Å². The Hall–Kier alpha value is -5.17. The lowest BCUT2D eigenvalue weighted by molar-refractivity contribution is -0.146. The van der Waals surface area contributed by atoms with Gasteiger partial charge >= 0.3 is 0 Å². The molecule has 266 valence electrons. The number of aliphatic hydroxyl groups excluding tert-OH is 1. The highest BCUT2D eigenvalue weighted by Crippen LogP contribution is 2.60. The maximum atomic E-state index is 16.3. The molecule has 8 rings (SSSR count). The second-order valence-corrected chi connectivity index (χ2v) is 18.1. The molecule has 5 atom stereocenters. The van der Waals surface area contributed by atoms with Crippen molar-refractivity contribution in [3.05, 3.63) is 132 Å². The smallest absolute Gasteiger partial charge is 0.269 e. The van der Waals surface area contributed by atoms with E-state index >= 15 is 4.11 Å². The number of carbonyl (C=O) groups is 2. The first kappa shape index (κ1) is 33.9. The van der Waals surface area contributed by atoms with Gasteiger partial charge in [-0.3, -0.25) is 19.2 Å². The fourth-order valence-corrected chi connectivity index (χ4v) is 10.9. The van der Waals surface area contributed by atoms with Crippen LogP contribution in [0.2, 0.25) is 18.6 Å². The maximum absolute atomic E-state index is 16.3. The number of aliphatic hydroxyl groups is 1. The lowest BCUT2D eigenvalue weighted by Crippen LogP contribution is -2.45. The van der Waals surface area contributed by atoms with Crippen molar-refractivity contribution in [2.45, 2.75) is 62.9 Å². The monoisotopic (exact) mass is 717 g/mol. The lowest BCUT2D eigenvalue weighted by Gasteiger charge is -2.31. The molecule has 2 amide bonds. The number of para-hydroxylation sites is 3. The Morgan fingerprint density at radius 1 is 0.942 bits per heavy atom. The Morgan fingerprint density at radius 2 is 1.63 bits per heavy atom. The van der Waals surface area contributed by atoms with Crippen LogP contribution in [0.15, 0.2) is 109 Å². The molecule has 1 aromatic heterocycles. The SMILES string of the molecule is C[C@@H]1[C@@H]([Si](C)(C)F)[C@H](CCn2cc([C@H](O)c3ccccc3)nn2)O[C@@]12C(=O)N(Cc1ccc(N3C(=O)COc4ccccc43)cc1)c1ccccc12. The van der Waals surface area contributed by atoms with Crippen LogP contribution in [0.25, 0.3) is 0 Å². The van der Waals surface area contributed by atoms with Crippen molar-refractivity contribution in [3.8, 4) is 5.75 Å². The number of aromatic nitrogens is 3. The van der Waals surface area contributed by atoms with E-state index in [1.165, 1.54) is 0 Å². The van der Waals surface area contributed by atoms with Gasteiger partial charge in [-0.2, -0.15) is 0 Å². The predicted molar refractivity (Wildman–Crippen MR) is 196 cm³/mol. The Bertz CT molecular complexity index is 2120. The third-order valence-corrected chi connectivity index (χ3v) is 13.2. The molecule has 4 heterocycles. The van der Waals surface area contributed by atoms with E-state index in [9.17, 15) is 14.7 Å². The summed E-state index contributed by atoms with van der Waals surface area (Å²) in [4.78, 5) is 31.1. The quantitative estimate of drug-likeness (QED) is 0.132. The molecule has 0 aliphatic carbocycles. The molecule has 0 bridgehead atoms. The average molecular weight is 718 g/mol. The molecule has 1 fully saturated rings. The summed E-state index contributed by atoms with van der Waals surface area (Å²) >= 11 is 0. The number of benzene rings is 4. The lowest BCUT2D eigenvalue weighted by atomic mass is 9.82. The zero-order valence-corrected chi connectivity index (χ0v) is 30.2. The molecule has 3 aliphatic heterocycles. The van der Waals surface area contributed by atoms with Crippen LogP contribution in [0.4, 0.5) is 21.2 Å². The van der Waals surface area contributed by atoms with Gasteiger partial charge in [0.25, 0.3) is 11.8 Å². The molecule has 10 nitrogen and oxygen atoms in total. The van der Waals surface area contributed by atoms with E-state index in [0.717, 1.165) is 16.8 Å². The van der Waals surface area contributed by atoms with Crippen LogP contribution in [0.1, 0.15) is 41.8 Å². The maximum Gasteiger partial charge on any atom is 0.269 e. The van der Waals surface area contributed by atoms with Crippen LogP contribution in [0, 0.1) is 5.92 Å².